The SMILES string of the molecule is CCCCC(NC(=O)c1ncccc1OC(C)C)C(=O)O. The number of nitrogens with zero attached hydrogens (tertiary/aromatic N) is 1. The molecule has 1 atom stereocenters. The highest BCUT2D eigenvalue weighted by Crippen LogP contribution is 2.17. The van der Waals surface area contributed by atoms with Crippen LogP contribution in [0, 0.1) is 0 Å². The van der Waals surface area contributed by atoms with E-state index >= 15 is 0 Å². The van der Waals surface area contributed by atoms with Crippen molar-refractivity contribution < 1.29 is 19.4 Å². The first-order chi connectivity index (χ1) is 9.95. The normalized spacial score (nSPS) is 12.0. The van der Waals surface area contributed by atoms with Crippen molar-refractivity contribution in [2.24, 2.45) is 0 Å². The number of pyridine rings is 1. The number of amides is 1. The van der Waals surface area contributed by atoms with E-state index in [2.05, 4.69) is 10.3 Å². The summed E-state index contributed by atoms with van der Waals surface area (Å²) in [7, 11) is 0. The second kappa shape index (κ2) is 8.24. The largest absolute Gasteiger partial charge is 0.489 e. The van der Waals surface area contributed by atoms with Gasteiger partial charge in [0.1, 0.15) is 6.04 Å². The molecule has 0 aromatic carbocycles. The van der Waals surface area contributed by atoms with Crippen LogP contribution in [0.25, 0.3) is 0 Å². The molecule has 1 rings (SSSR count). The number of hydrogen-bond acceptors (Lipinski definition) is 4. The molecule has 0 bridgehead atoms. The van der Waals surface area contributed by atoms with Crippen molar-refractivity contribution in [2.45, 2.75) is 52.2 Å². The molecule has 116 valence electrons. The summed E-state index contributed by atoms with van der Waals surface area (Å²) in [6.07, 6.45) is 3.37. The first-order valence-electron chi connectivity index (χ1n) is 7.11. The van der Waals surface area contributed by atoms with Crippen LogP contribution >= 0.6 is 0 Å². The highest BCUT2D eigenvalue weighted by molar-refractivity contribution is 5.97. The second-order valence-electron chi connectivity index (χ2n) is 5.02. The fraction of sp³-hybridized carbons (Fsp3) is 0.533. The molecule has 21 heavy (non-hydrogen) atoms. The number of carboxylic acids is 1. The lowest BCUT2D eigenvalue weighted by molar-refractivity contribution is -0.139. The Kier molecular flexibility index (Phi) is 6.65. The topological polar surface area (TPSA) is 88.5 Å². The number of rotatable bonds is 8. The average molecular weight is 294 g/mol. The Morgan fingerprint density at radius 1 is 1.43 bits per heavy atom. The molecule has 0 saturated carbocycles. The Hall–Kier alpha value is -2.11. The Morgan fingerprint density at radius 3 is 2.71 bits per heavy atom. The van der Waals surface area contributed by atoms with Gasteiger partial charge in [-0.1, -0.05) is 19.8 Å². The van der Waals surface area contributed by atoms with Gasteiger partial charge in [0.15, 0.2) is 11.4 Å². The number of ether oxygens (including phenoxy) is 1. The first kappa shape index (κ1) is 16.9. The van der Waals surface area contributed by atoms with E-state index in [4.69, 9.17) is 9.84 Å². The van der Waals surface area contributed by atoms with Crippen molar-refractivity contribution in [3.8, 4) is 5.75 Å². The minimum atomic E-state index is -1.04. The number of carbonyl (C=O) groups is 2. The zero-order chi connectivity index (χ0) is 15.8. The Morgan fingerprint density at radius 2 is 2.14 bits per heavy atom. The van der Waals surface area contributed by atoms with E-state index in [1.165, 1.54) is 6.20 Å². The number of carboxylic acid groups (broad SMARTS) is 1. The number of nitrogens with one attached hydrogen (secondary N) is 1. The van der Waals surface area contributed by atoms with E-state index in [1.54, 1.807) is 12.1 Å². The van der Waals surface area contributed by atoms with Gasteiger partial charge in [0.05, 0.1) is 6.10 Å². The smallest absolute Gasteiger partial charge is 0.326 e. The van der Waals surface area contributed by atoms with Crippen molar-refractivity contribution in [2.75, 3.05) is 0 Å². The van der Waals surface area contributed by atoms with Gasteiger partial charge in [-0.25, -0.2) is 9.78 Å². The fourth-order valence-corrected chi connectivity index (χ4v) is 1.80. The Labute approximate surface area is 124 Å². The van der Waals surface area contributed by atoms with E-state index in [0.29, 0.717) is 12.2 Å². The molecule has 1 aromatic rings. The average Bonchev–Trinajstić information content (AvgIpc) is 2.42. The zero-order valence-electron chi connectivity index (χ0n) is 12.6. The molecule has 0 aliphatic rings. The first-order valence-corrected chi connectivity index (χ1v) is 7.11. The van der Waals surface area contributed by atoms with Crippen LogP contribution in [0.5, 0.6) is 5.75 Å². The predicted octanol–water partition coefficient (Wildman–Crippen LogP) is 2.24. The molecule has 0 fully saturated rings. The van der Waals surface area contributed by atoms with Crippen LogP contribution < -0.4 is 10.1 Å². The van der Waals surface area contributed by atoms with Crippen LogP contribution in [-0.2, 0) is 4.79 Å². The van der Waals surface area contributed by atoms with E-state index in [0.717, 1.165) is 12.8 Å². The summed E-state index contributed by atoms with van der Waals surface area (Å²) < 4.78 is 5.52. The maximum Gasteiger partial charge on any atom is 0.326 e. The van der Waals surface area contributed by atoms with Crippen LogP contribution in [0.2, 0.25) is 0 Å². The lowest BCUT2D eigenvalue weighted by Crippen LogP contribution is -2.41. The zero-order valence-corrected chi connectivity index (χ0v) is 12.6. The fourth-order valence-electron chi connectivity index (χ4n) is 1.80. The third-order valence-electron chi connectivity index (χ3n) is 2.80. The molecule has 0 spiro atoms. The molecule has 2 N–H and O–H groups in total. The highest BCUT2D eigenvalue weighted by atomic mass is 16.5. The maximum absolute atomic E-state index is 12.2. The molecule has 0 saturated heterocycles. The lowest BCUT2D eigenvalue weighted by atomic mass is 10.1. The number of carbonyl (C=O) groups excluding carboxylic acids is 1. The highest BCUT2D eigenvalue weighted by Gasteiger charge is 2.23. The van der Waals surface area contributed by atoms with Crippen molar-refractivity contribution in [1.82, 2.24) is 10.3 Å². The van der Waals surface area contributed by atoms with E-state index in [1.807, 2.05) is 20.8 Å². The van der Waals surface area contributed by atoms with E-state index < -0.39 is 17.9 Å². The quantitative estimate of drug-likeness (QED) is 0.767. The van der Waals surface area contributed by atoms with Crippen molar-refractivity contribution in [3.05, 3.63) is 24.0 Å². The summed E-state index contributed by atoms with van der Waals surface area (Å²) in [5, 5.41) is 11.6. The summed E-state index contributed by atoms with van der Waals surface area (Å²) >= 11 is 0. The molecule has 6 nitrogen and oxygen atoms in total. The molecule has 1 aromatic heterocycles. The van der Waals surface area contributed by atoms with Gasteiger partial charge in [0, 0.05) is 6.20 Å². The van der Waals surface area contributed by atoms with E-state index in [9.17, 15) is 9.59 Å². The number of hydrogen-bond donors (Lipinski definition) is 2. The van der Waals surface area contributed by atoms with Crippen LogP contribution in [0.15, 0.2) is 18.3 Å². The summed E-state index contributed by atoms with van der Waals surface area (Å²) in [5.41, 5.74) is 0.106. The van der Waals surface area contributed by atoms with Crippen molar-refractivity contribution in [3.63, 3.8) is 0 Å². The van der Waals surface area contributed by atoms with Gasteiger partial charge < -0.3 is 15.2 Å². The van der Waals surface area contributed by atoms with Gasteiger partial charge in [-0.3, -0.25) is 4.79 Å². The molecule has 0 aliphatic heterocycles. The van der Waals surface area contributed by atoms with Crippen molar-refractivity contribution >= 4 is 11.9 Å². The van der Waals surface area contributed by atoms with Crippen LogP contribution in [0.4, 0.5) is 0 Å². The minimum absolute atomic E-state index is 0.101. The van der Waals surface area contributed by atoms with Gasteiger partial charge in [-0.15, -0.1) is 0 Å². The molecule has 6 heteroatoms. The van der Waals surface area contributed by atoms with Gasteiger partial charge in [-0.05, 0) is 32.4 Å². The van der Waals surface area contributed by atoms with E-state index in [-0.39, 0.29) is 11.8 Å². The Bertz CT molecular complexity index is 488. The summed E-state index contributed by atoms with van der Waals surface area (Å²) in [6.45, 7) is 5.65. The van der Waals surface area contributed by atoms with Crippen molar-refractivity contribution in [1.29, 1.82) is 0 Å². The molecular weight excluding hydrogens is 272 g/mol. The van der Waals surface area contributed by atoms with Crippen LogP contribution in [0.1, 0.15) is 50.5 Å². The molecule has 0 radical (unpaired) electrons. The second-order valence-corrected chi connectivity index (χ2v) is 5.02. The standard InChI is InChI=1S/C15H22N2O4/c1-4-5-7-11(15(19)20)17-14(18)13-12(21-10(2)3)8-6-9-16-13/h6,8-11H,4-5,7H2,1-3H3,(H,17,18)(H,19,20). The minimum Gasteiger partial charge on any atom is -0.489 e. The molecular formula is C15H22N2O4. The lowest BCUT2D eigenvalue weighted by Gasteiger charge is -2.16. The third-order valence-corrected chi connectivity index (χ3v) is 2.80. The van der Waals surface area contributed by atoms with Gasteiger partial charge >= 0.3 is 5.97 Å². The predicted molar refractivity (Wildman–Crippen MR) is 78.4 cm³/mol. The Balaban J connectivity index is 2.84. The number of aliphatic carboxylic acids is 1. The van der Waals surface area contributed by atoms with Crippen LogP contribution in [0.3, 0.4) is 0 Å². The van der Waals surface area contributed by atoms with Gasteiger partial charge in [0.25, 0.3) is 5.91 Å². The molecule has 0 aliphatic carbocycles. The maximum atomic E-state index is 12.2. The third kappa shape index (κ3) is 5.41. The van der Waals surface area contributed by atoms with Gasteiger partial charge in [0.2, 0.25) is 0 Å². The summed E-state index contributed by atoms with van der Waals surface area (Å²) in [5.74, 6) is -1.22. The monoisotopic (exact) mass is 294 g/mol. The van der Waals surface area contributed by atoms with Gasteiger partial charge in [-0.2, -0.15) is 0 Å². The number of unbranched alkanes of at least 4 members (excludes halogenated alkanes) is 1. The molecule has 1 amide bonds. The molecule has 1 unspecified atom stereocenters. The number of aromatic nitrogens is 1. The summed E-state index contributed by atoms with van der Waals surface area (Å²) in [4.78, 5) is 27.4. The van der Waals surface area contributed by atoms with Crippen LogP contribution in [-0.4, -0.2) is 34.1 Å². The molecule has 1 heterocycles. The summed E-state index contributed by atoms with van der Waals surface area (Å²) in [6, 6.07) is 2.40.